The van der Waals surface area contributed by atoms with Gasteiger partial charge in [0.25, 0.3) is 0 Å². The Morgan fingerprint density at radius 3 is 2.73 bits per heavy atom. The fourth-order valence-electron chi connectivity index (χ4n) is 1.37. The van der Waals surface area contributed by atoms with Crippen LogP contribution < -0.4 is 0 Å². The normalized spacial score (nSPS) is 14.3. The number of aromatic amines is 1. The van der Waals surface area contributed by atoms with Gasteiger partial charge in [-0.3, -0.25) is 14.9 Å². The first-order chi connectivity index (χ1) is 7.07. The number of rotatable bonds is 4. The molecule has 15 heavy (non-hydrogen) atoms. The molecule has 1 N–H and O–H groups in total. The summed E-state index contributed by atoms with van der Waals surface area (Å²) in [4.78, 5) is 24.3. The van der Waals surface area contributed by atoms with Gasteiger partial charge in [0.05, 0.1) is 7.11 Å². The van der Waals surface area contributed by atoms with Crippen molar-refractivity contribution in [3.8, 4) is 0 Å². The number of nitro groups is 1. The first-order valence-corrected chi connectivity index (χ1v) is 4.42. The molecular weight excluding hydrogens is 200 g/mol. The lowest BCUT2D eigenvalue weighted by Crippen LogP contribution is -2.31. The van der Waals surface area contributed by atoms with Gasteiger partial charge in [-0.2, -0.15) is 0 Å². The van der Waals surface area contributed by atoms with E-state index in [9.17, 15) is 14.9 Å². The standard InChI is InChI=1S/C9H12N2O4/c1-6(11(13)14)8(9(12)15-2)7-4-3-5-10-7/h3-6,8,10H,1-2H3/t6-,8-/m0/s1. The summed E-state index contributed by atoms with van der Waals surface area (Å²) in [6.07, 6.45) is 1.61. The van der Waals surface area contributed by atoms with Crippen molar-refractivity contribution >= 4 is 5.97 Å². The van der Waals surface area contributed by atoms with Gasteiger partial charge in [-0.25, -0.2) is 0 Å². The molecule has 0 aromatic carbocycles. The first kappa shape index (κ1) is 11.2. The van der Waals surface area contributed by atoms with Gasteiger partial charge in [-0.1, -0.05) is 0 Å². The largest absolute Gasteiger partial charge is 0.468 e. The Bertz CT molecular complexity index is 347. The summed E-state index contributed by atoms with van der Waals surface area (Å²) in [5, 5.41) is 10.6. The first-order valence-electron chi connectivity index (χ1n) is 4.42. The van der Waals surface area contributed by atoms with Crippen LogP contribution in [-0.4, -0.2) is 29.0 Å². The van der Waals surface area contributed by atoms with Crippen molar-refractivity contribution < 1.29 is 14.5 Å². The lowest BCUT2D eigenvalue weighted by atomic mass is 9.98. The fourth-order valence-corrected chi connectivity index (χ4v) is 1.37. The highest BCUT2D eigenvalue weighted by Gasteiger charge is 2.36. The van der Waals surface area contributed by atoms with E-state index < -0.39 is 22.9 Å². The summed E-state index contributed by atoms with van der Waals surface area (Å²) in [5.41, 5.74) is 0.492. The van der Waals surface area contributed by atoms with Gasteiger partial charge >= 0.3 is 5.97 Å². The van der Waals surface area contributed by atoms with Crippen LogP contribution in [0.15, 0.2) is 18.3 Å². The minimum Gasteiger partial charge on any atom is -0.468 e. The second-order valence-corrected chi connectivity index (χ2v) is 3.15. The Kier molecular flexibility index (Phi) is 3.43. The molecule has 0 fully saturated rings. The molecule has 0 spiro atoms. The quantitative estimate of drug-likeness (QED) is 0.457. The van der Waals surface area contributed by atoms with Crippen molar-refractivity contribution in [3.63, 3.8) is 0 Å². The smallest absolute Gasteiger partial charge is 0.321 e. The topological polar surface area (TPSA) is 85.2 Å². The minimum absolute atomic E-state index is 0.492. The molecule has 1 rings (SSSR count). The summed E-state index contributed by atoms with van der Waals surface area (Å²) >= 11 is 0. The number of aromatic nitrogens is 1. The number of carbonyl (C=O) groups is 1. The molecule has 0 amide bonds. The highest BCUT2D eigenvalue weighted by atomic mass is 16.6. The molecule has 6 heteroatoms. The van der Waals surface area contributed by atoms with Crippen molar-refractivity contribution in [2.24, 2.45) is 0 Å². The third kappa shape index (κ3) is 2.34. The van der Waals surface area contributed by atoms with Crippen LogP contribution in [0.1, 0.15) is 18.5 Å². The van der Waals surface area contributed by atoms with E-state index in [1.807, 2.05) is 0 Å². The molecule has 0 saturated heterocycles. The molecule has 0 radical (unpaired) electrons. The molecule has 0 aliphatic rings. The van der Waals surface area contributed by atoms with Gasteiger partial charge in [-0.05, 0) is 12.1 Å². The minimum atomic E-state index is -1.02. The Labute approximate surface area is 86.4 Å². The molecule has 1 aromatic rings. The predicted molar refractivity (Wildman–Crippen MR) is 52.0 cm³/mol. The number of nitrogens with one attached hydrogen (secondary N) is 1. The van der Waals surface area contributed by atoms with E-state index in [-0.39, 0.29) is 0 Å². The molecule has 0 saturated carbocycles. The molecule has 1 aromatic heterocycles. The van der Waals surface area contributed by atoms with Gasteiger partial charge in [0, 0.05) is 23.7 Å². The zero-order chi connectivity index (χ0) is 11.4. The maximum atomic E-state index is 11.4. The third-order valence-corrected chi connectivity index (χ3v) is 2.23. The number of methoxy groups -OCH3 is 1. The van der Waals surface area contributed by atoms with E-state index in [1.54, 1.807) is 18.3 Å². The summed E-state index contributed by atoms with van der Waals surface area (Å²) in [5.74, 6) is -1.50. The third-order valence-electron chi connectivity index (χ3n) is 2.23. The Hall–Kier alpha value is -1.85. The number of H-pyrrole nitrogens is 1. The Morgan fingerprint density at radius 1 is 1.67 bits per heavy atom. The van der Waals surface area contributed by atoms with Crippen LogP contribution in [0.4, 0.5) is 0 Å². The van der Waals surface area contributed by atoms with Gasteiger partial charge in [0.15, 0.2) is 5.92 Å². The van der Waals surface area contributed by atoms with Crippen LogP contribution in [0.25, 0.3) is 0 Å². The van der Waals surface area contributed by atoms with Gasteiger partial charge in [0.2, 0.25) is 6.04 Å². The number of ether oxygens (including phenoxy) is 1. The monoisotopic (exact) mass is 212 g/mol. The van der Waals surface area contributed by atoms with E-state index in [4.69, 9.17) is 0 Å². The van der Waals surface area contributed by atoms with Crippen LogP contribution in [0.5, 0.6) is 0 Å². The maximum Gasteiger partial charge on any atom is 0.321 e. The highest BCUT2D eigenvalue weighted by Crippen LogP contribution is 2.21. The summed E-state index contributed by atoms with van der Waals surface area (Å²) < 4.78 is 4.54. The van der Waals surface area contributed by atoms with Crippen molar-refractivity contribution in [2.45, 2.75) is 18.9 Å². The molecule has 0 aliphatic heterocycles. The van der Waals surface area contributed by atoms with Crippen LogP contribution >= 0.6 is 0 Å². The summed E-state index contributed by atoms with van der Waals surface area (Å²) in [6, 6.07) is 2.29. The lowest BCUT2D eigenvalue weighted by Gasteiger charge is -2.14. The second-order valence-electron chi connectivity index (χ2n) is 3.15. The number of nitrogens with zero attached hydrogens (tertiary/aromatic N) is 1. The Morgan fingerprint density at radius 2 is 2.33 bits per heavy atom. The van der Waals surface area contributed by atoms with E-state index in [0.29, 0.717) is 5.69 Å². The average Bonchev–Trinajstić information content (AvgIpc) is 2.70. The highest BCUT2D eigenvalue weighted by molar-refractivity contribution is 5.78. The zero-order valence-electron chi connectivity index (χ0n) is 8.47. The van der Waals surface area contributed by atoms with Crippen LogP contribution in [0.2, 0.25) is 0 Å². The summed E-state index contributed by atoms with van der Waals surface area (Å²) in [6.45, 7) is 1.38. The predicted octanol–water partition coefficient (Wildman–Crippen LogP) is 0.936. The van der Waals surface area contributed by atoms with E-state index in [2.05, 4.69) is 9.72 Å². The van der Waals surface area contributed by atoms with Crippen LogP contribution in [0.3, 0.4) is 0 Å². The molecule has 0 bridgehead atoms. The number of hydrogen-bond donors (Lipinski definition) is 1. The molecule has 2 atom stereocenters. The van der Waals surface area contributed by atoms with Crippen molar-refractivity contribution in [1.82, 2.24) is 4.98 Å². The molecule has 0 unspecified atom stereocenters. The number of carbonyl (C=O) groups excluding carboxylic acids is 1. The SMILES string of the molecule is COC(=O)[C@H](c1ccc[nH]1)[C@H](C)[N+](=O)[O-]. The Balaban J connectivity index is 2.98. The molecule has 0 aliphatic carbocycles. The van der Waals surface area contributed by atoms with Crippen molar-refractivity contribution in [2.75, 3.05) is 7.11 Å². The molecular formula is C9H12N2O4. The van der Waals surface area contributed by atoms with Gasteiger partial charge in [0.1, 0.15) is 0 Å². The number of esters is 1. The van der Waals surface area contributed by atoms with E-state index >= 15 is 0 Å². The van der Waals surface area contributed by atoms with E-state index in [1.165, 1.54) is 14.0 Å². The van der Waals surface area contributed by atoms with Crippen molar-refractivity contribution in [1.29, 1.82) is 0 Å². The average molecular weight is 212 g/mol. The van der Waals surface area contributed by atoms with Crippen LogP contribution in [0, 0.1) is 10.1 Å². The maximum absolute atomic E-state index is 11.4. The van der Waals surface area contributed by atoms with E-state index in [0.717, 1.165) is 0 Å². The molecule has 82 valence electrons. The fraction of sp³-hybridized carbons (Fsp3) is 0.444. The van der Waals surface area contributed by atoms with Gasteiger partial charge in [-0.15, -0.1) is 0 Å². The number of hydrogen-bond acceptors (Lipinski definition) is 4. The lowest BCUT2D eigenvalue weighted by molar-refractivity contribution is -0.520. The van der Waals surface area contributed by atoms with Gasteiger partial charge < -0.3 is 9.72 Å². The summed E-state index contributed by atoms with van der Waals surface area (Å²) in [7, 11) is 1.21. The van der Waals surface area contributed by atoms with Crippen LogP contribution in [-0.2, 0) is 9.53 Å². The zero-order valence-corrected chi connectivity index (χ0v) is 8.47. The molecule has 6 nitrogen and oxygen atoms in total. The molecule has 1 heterocycles. The second kappa shape index (κ2) is 4.59. The van der Waals surface area contributed by atoms with Crippen molar-refractivity contribution in [3.05, 3.63) is 34.1 Å².